The van der Waals surface area contributed by atoms with Crippen LogP contribution in [0.2, 0.25) is 20.1 Å². The van der Waals surface area contributed by atoms with E-state index in [-0.39, 0.29) is 11.8 Å². The highest BCUT2D eigenvalue weighted by Crippen LogP contribution is 2.40. The highest BCUT2D eigenvalue weighted by molar-refractivity contribution is 6.35. The van der Waals surface area contributed by atoms with Crippen LogP contribution in [0.25, 0.3) is 0 Å². The molecule has 4 aromatic rings. The molecule has 5 nitrogen and oxygen atoms in total. The SMILES string of the molecule is CN1Cc2c(Cl)cc(Cl)cc2C(c2ccc(CCCOCCOCCOCCCc3ccc(C4CN(C)Cc5c(Cl)cc(Cl)cc54)cc3)cc2)C1. The first-order chi connectivity index (χ1) is 24.7. The molecule has 0 aromatic heterocycles. The van der Waals surface area contributed by atoms with Crippen LogP contribution in [0.1, 0.15) is 69.2 Å². The molecule has 2 aliphatic rings. The Morgan fingerprint density at radius 3 is 1.29 bits per heavy atom. The molecule has 0 aliphatic carbocycles. The standard InChI is InChI=1S/C42H48Cl4N2O3/c1-47-25-37(35-21-33(43)23-41(45)39(35)27-47)31-11-7-29(8-12-31)5-3-15-49-17-19-51-20-18-50-16-4-6-30-9-13-32(14-10-30)38-26-48(2)28-40-36(38)22-34(44)24-42(40)46/h7-14,21-24,37-38H,3-6,15-20,25-28H2,1-2H3. The molecule has 6 rings (SSSR count). The molecule has 0 fully saturated rings. The van der Waals surface area contributed by atoms with Gasteiger partial charge in [0.2, 0.25) is 0 Å². The summed E-state index contributed by atoms with van der Waals surface area (Å²) in [5.41, 5.74) is 10.1. The van der Waals surface area contributed by atoms with Crippen molar-refractivity contribution >= 4 is 46.4 Å². The summed E-state index contributed by atoms with van der Waals surface area (Å²) in [5.74, 6) is 0.523. The molecule has 2 atom stereocenters. The van der Waals surface area contributed by atoms with Gasteiger partial charge in [0.25, 0.3) is 0 Å². The minimum atomic E-state index is 0.261. The van der Waals surface area contributed by atoms with E-state index in [2.05, 4.69) is 84.6 Å². The van der Waals surface area contributed by atoms with Crippen LogP contribution in [0.4, 0.5) is 0 Å². The summed E-state index contributed by atoms with van der Waals surface area (Å²) in [6.45, 7) is 7.37. The van der Waals surface area contributed by atoms with Gasteiger partial charge in [0.05, 0.1) is 26.4 Å². The maximum absolute atomic E-state index is 6.55. The molecular formula is C42H48Cl4N2O3. The van der Waals surface area contributed by atoms with E-state index in [4.69, 9.17) is 60.6 Å². The minimum absolute atomic E-state index is 0.261. The van der Waals surface area contributed by atoms with E-state index in [1.54, 1.807) is 0 Å². The van der Waals surface area contributed by atoms with Crippen LogP contribution in [0, 0.1) is 0 Å². The van der Waals surface area contributed by atoms with Crippen LogP contribution < -0.4 is 0 Å². The second-order valence-corrected chi connectivity index (χ2v) is 15.6. The van der Waals surface area contributed by atoms with Gasteiger partial charge in [-0.1, -0.05) is 94.9 Å². The Bertz CT molecular complexity index is 1610. The van der Waals surface area contributed by atoms with Crippen molar-refractivity contribution in [3.8, 4) is 0 Å². The van der Waals surface area contributed by atoms with Gasteiger partial charge in [-0.15, -0.1) is 0 Å². The number of fused-ring (bicyclic) bond motifs is 2. The second kappa shape index (κ2) is 18.7. The second-order valence-electron chi connectivity index (χ2n) is 13.9. The van der Waals surface area contributed by atoms with E-state index < -0.39 is 0 Å². The molecular weight excluding hydrogens is 722 g/mol. The zero-order valence-corrected chi connectivity index (χ0v) is 32.6. The largest absolute Gasteiger partial charge is 0.379 e. The van der Waals surface area contributed by atoms with Gasteiger partial charge in [-0.2, -0.15) is 0 Å². The van der Waals surface area contributed by atoms with Crippen LogP contribution in [-0.4, -0.2) is 76.6 Å². The average Bonchev–Trinajstić information content (AvgIpc) is 3.11. The summed E-state index contributed by atoms with van der Waals surface area (Å²) in [7, 11) is 4.28. The van der Waals surface area contributed by atoms with E-state index in [1.807, 2.05) is 12.1 Å². The van der Waals surface area contributed by atoms with Crippen molar-refractivity contribution in [3.63, 3.8) is 0 Å². The number of ether oxygens (including phenoxy) is 3. The van der Waals surface area contributed by atoms with Gasteiger partial charge in [0, 0.05) is 71.3 Å². The predicted octanol–water partition coefficient (Wildman–Crippen LogP) is 10.1. The van der Waals surface area contributed by atoms with E-state index in [9.17, 15) is 0 Å². The number of benzene rings is 4. The zero-order valence-electron chi connectivity index (χ0n) is 29.6. The molecule has 2 unspecified atom stereocenters. The lowest BCUT2D eigenvalue weighted by molar-refractivity contribution is 0.0138. The Balaban J connectivity index is 0.804. The molecule has 0 spiro atoms. The molecule has 9 heteroatoms. The van der Waals surface area contributed by atoms with Gasteiger partial charge >= 0.3 is 0 Å². The highest BCUT2D eigenvalue weighted by Gasteiger charge is 2.28. The predicted molar refractivity (Wildman–Crippen MR) is 211 cm³/mol. The zero-order chi connectivity index (χ0) is 35.7. The summed E-state index contributed by atoms with van der Waals surface area (Å²) in [6.07, 6.45) is 3.91. The molecule has 2 heterocycles. The third-order valence-corrected chi connectivity index (χ3v) is 11.1. The number of aryl methyl sites for hydroxylation is 2. The van der Waals surface area contributed by atoms with Crippen molar-refractivity contribution in [2.24, 2.45) is 0 Å². The van der Waals surface area contributed by atoms with Gasteiger partial charge in [-0.25, -0.2) is 0 Å². The van der Waals surface area contributed by atoms with Crippen LogP contribution in [0.5, 0.6) is 0 Å². The fraction of sp³-hybridized carbons (Fsp3) is 0.429. The number of hydrogen-bond donors (Lipinski definition) is 0. The van der Waals surface area contributed by atoms with E-state index >= 15 is 0 Å². The summed E-state index contributed by atoms with van der Waals surface area (Å²) in [5, 5.41) is 2.90. The van der Waals surface area contributed by atoms with Crippen molar-refractivity contribution in [3.05, 3.63) is 137 Å². The van der Waals surface area contributed by atoms with E-state index in [1.165, 1.54) is 44.5 Å². The first kappa shape index (κ1) is 38.6. The molecule has 0 amide bonds. The number of nitrogens with zero attached hydrogens (tertiary/aromatic N) is 2. The van der Waals surface area contributed by atoms with Crippen molar-refractivity contribution < 1.29 is 14.2 Å². The van der Waals surface area contributed by atoms with Gasteiger partial charge < -0.3 is 24.0 Å². The molecule has 0 N–H and O–H groups in total. The van der Waals surface area contributed by atoms with Crippen LogP contribution >= 0.6 is 46.4 Å². The summed E-state index contributed by atoms with van der Waals surface area (Å²) < 4.78 is 17.3. The molecule has 0 radical (unpaired) electrons. The third-order valence-electron chi connectivity index (χ3n) is 10.0. The molecule has 2 aliphatic heterocycles. The Morgan fingerprint density at radius 2 is 0.902 bits per heavy atom. The maximum Gasteiger partial charge on any atom is 0.0701 e. The van der Waals surface area contributed by atoms with Crippen LogP contribution in [-0.2, 0) is 40.1 Å². The summed E-state index contributed by atoms with van der Waals surface area (Å²) in [4.78, 5) is 4.64. The van der Waals surface area contributed by atoms with E-state index in [0.717, 1.165) is 61.9 Å². The Kier molecular flexibility index (Phi) is 14.2. The molecule has 51 heavy (non-hydrogen) atoms. The fourth-order valence-corrected chi connectivity index (χ4v) is 8.53. The Hall–Kier alpha value is -2.16. The lowest BCUT2D eigenvalue weighted by Crippen LogP contribution is -2.31. The molecule has 0 bridgehead atoms. The quantitative estimate of drug-likeness (QED) is 0.106. The van der Waals surface area contributed by atoms with Crippen molar-refractivity contribution in [1.29, 1.82) is 0 Å². The minimum Gasteiger partial charge on any atom is -0.379 e. The summed E-state index contributed by atoms with van der Waals surface area (Å²) >= 11 is 25.8. The van der Waals surface area contributed by atoms with Gasteiger partial charge in [-0.3, -0.25) is 0 Å². The lowest BCUT2D eigenvalue weighted by atomic mass is 9.84. The molecule has 0 saturated heterocycles. The average molecular weight is 771 g/mol. The summed E-state index contributed by atoms with van der Waals surface area (Å²) in [6, 6.07) is 25.8. The van der Waals surface area contributed by atoms with Gasteiger partial charge in [0.1, 0.15) is 0 Å². The molecule has 0 saturated carbocycles. The smallest absolute Gasteiger partial charge is 0.0701 e. The van der Waals surface area contributed by atoms with Crippen LogP contribution in [0.3, 0.4) is 0 Å². The topological polar surface area (TPSA) is 34.2 Å². The highest BCUT2D eigenvalue weighted by atomic mass is 35.5. The van der Waals surface area contributed by atoms with Crippen molar-refractivity contribution in [1.82, 2.24) is 9.80 Å². The number of halogens is 4. The van der Waals surface area contributed by atoms with Crippen LogP contribution in [0.15, 0.2) is 72.8 Å². The Labute approximate surface area is 323 Å². The fourth-order valence-electron chi connectivity index (χ4n) is 7.39. The maximum atomic E-state index is 6.55. The van der Waals surface area contributed by atoms with Crippen molar-refractivity contribution in [2.75, 3.05) is 66.8 Å². The number of likely N-dealkylation sites (N-methyl/N-ethyl adjacent to an activating group) is 2. The normalized spacial score (nSPS) is 17.8. The van der Waals surface area contributed by atoms with E-state index in [0.29, 0.717) is 49.7 Å². The number of hydrogen-bond acceptors (Lipinski definition) is 5. The Morgan fingerprint density at radius 1 is 0.529 bits per heavy atom. The number of rotatable bonds is 16. The first-order valence-corrected chi connectivity index (χ1v) is 19.5. The molecule has 4 aromatic carbocycles. The van der Waals surface area contributed by atoms with Gasteiger partial charge in [0.15, 0.2) is 0 Å². The lowest BCUT2D eigenvalue weighted by Gasteiger charge is -2.33. The van der Waals surface area contributed by atoms with Gasteiger partial charge in [-0.05, 0) is 109 Å². The third kappa shape index (κ3) is 10.5. The monoisotopic (exact) mass is 768 g/mol. The first-order valence-electron chi connectivity index (χ1n) is 18.0. The van der Waals surface area contributed by atoms with Crippen molar-refractivity contribution in [2.45, 2.75) is 50.6 Å². The molecule has 272 valence electrons.